The Balaban J connectivity index is 1.39. The topological polar surface area (TPSA) is 50.8 Å². The van der Waals surface area contributed by atoms with Gasteiger partial charge in [0.1, 0.15) is 0 Å². The predicted octanol–water partition coefficient (Wildman–Crippen LogP) is 3.80. The molecule has 5 rings (SSSR count). The number of anilines is 1. The molecule has 0 bridgehead atoms. The van der Waals surface area contributed by atoms with Crippen LogP contribution in [-0.4, -0.2) is 24.3 Å². The highest BCUT2D eigenvalue weighted by Crippen LogP contribution is 2.52. The van der Waals surface area contributed by atoms with E-state index < -0.39 is 0 Å². The first-order valence-corrected chi connectivity index (χ1v) is 8.69. The van der Waals surface area contributed by atoms with E-state index in [-0.39, 0.29) is 18.2 Å². The smallest absolute Gasteiger partial charge is 0.322 e. The number of nitrogens with zero attached hydrogens (tertiary/aromatic N) is 1. The van der Waals surface area contributed by atoms with E-state index in [1.807, 2.05) is 24.0 Å². The minimum atomic E-state index is -0.0530. The van der Waals surface area contributed by atoms with E-state index in [9.17, 15) is 4.79 Å². The molecule has 1 saturated carbocycles. The van der Waals surface area contributed by atoms with Gasteiger partial charge in [0, 0.05) is 30.3 Å². The van der Waals surface area contributed by atoms with Crippen LogP contribution in [0.3, 0.4) is 0 Å². The molecule has 25 heavy (non-hydrogen) atoms. The molecule has 1 fully saturated rings. The molecule has 2 heterocycles. The molecular formula is C20H20N2O3. The number of nitrogens with one attached hydrogen (secondary N) is 1. The van der Waals surface area contributed by atoms with Crippen molar-refractivity contribution in [1.82, 2.24) is 4.90 Å². The average Bonchev–Trinajstić information content (AvgIpc) is 3.23. The largest absolute Gasteiger partial charge is 0.454 e. The molecule has 0 atom stereocenters. The molecule has 1 N–H and O–H groups in total. The van der Waals surface area contributed by atoms with Crippen LogP contribution in [-0.2, 0) is 12.0 Å². The Morgan fingerprint density at radius 3 is 2.72 bits per heavy atom. The van der Waals surface area contributed by atoms with Crippen LogP contribution in [0.25, 0.3) is 0 Å². The van der Waals surface area contributed by atoms with Crippen LogP contribution >= 0.6 is 0 Å². The summed E-state index contributed by atoms with van der Waals surface area (Å²) in [7, 11) is 0. The highest BCUT2D eigenvalue weighted by molar-refractivity contribution is 5.91. The Labute approximate surface area is 146 Å². The monoisotopic (exact) mass is 336 g/mol. The molecule has 1 aliphatic carbocycles. The Morgan fingerprint density at radius 2 is 1.92 bits per heavy atom. The second-order valence-corrected chi connectivity index (χ2v) is 7.24. The van der Waals surface area contributed by atoms with E-state index in [1.165, 1.54) is 11.1 Å². The van der Waals surface area contributed by atoms with Gasteiger partial charge in [-0.1, -0.05) is 24.3 Å². The maximum Gasteiger partial charge on any atom is 0.322 e. The van der Waals surface area contributed by atoms with Gasteiger partial charge in [0.05, 0.1) is 0 Å². The maximum absolute atomic E-state index is 12.9. The summed E-state index contributed by atoms with van der Waals surface area (Å²) < 4.78 is 10.8. The molecule has 3 aliphatic rings. The van der Waals surface area contributed by atoms with Gasteiger partial charge in [-0.15, -0.1) is 0 Å². The van der Waals surface area contributed by atoms with Gasteiger partial charge >= 0.3 is 6.03 Å². The van der Waals surface area contributed by atoms with Crippen molar-refractivity contribution in [3.05, 3.63) is 53.1 Å². The molecule has 2 aromatic rings. The van der Waals surface area contributed by atoms with Crippen molar-refractivity contribution >= 4 is 11.7 Å². The molecule has 2 amide bonds. The third kappa shape index (κ3) is 2.34. The Hall–Kier alpha value is -2.69. The number of urea groups is 1. The molecular weight excluding hydrogens is 316 g/mol. The minimum absolute atomic E-state index is 0.0530. The Morgan fingerprint density at radius 1 is 1.16 bits per heavy atom. The fraction of sp³-hybridized carbons (Fsp3) is 0.350. The fourth-order valence-corrected chi connectivity index (χ4v) is 3.98. The zero-order chi connectivity index (χ0) is 17.0. The van der Waals surface area contributed by atoms with Crippen molar-refractivity contribution < 1.29 is 14.3 Å². The second kappa shape index (κ2) is 5.15. The number of carbonyl (C=O) groups excluding carboxylic acids is 1. The van der Waals surface area contributed by atoms with Gasteiger partial charge in [0.2, 0.25) is 6.79 Å². The predicted molar refractivity (Wildman–Crippen MR) is 94.1 cm³/mol. The van der Waals surface area contributed by atoms with Crippen LogP contribution in [0, 0.1) is 6.92 Å². The number of benzene rings is 2. The van der Waals surface area contributed by atoms with Crippen LogP contribution in [0.1, 0.15) is 29.5 Å². The zero-order valence-electron chi connectivity index (χ0n) is 14.2. The van der Waals surface area contributed by atoms with E-state index in [1.54, 1.807) is 0 Å². The summed E-state index contributed by atoms with van der Waals surface area (Å²) in [5.74, 6) is 1.42. The number of fused-ring (bicyclic) bond motifs is 3. The van der Waals surface area contributed by atoms with Gasteiger partial charge in [0.15, 0.2) is 11.5 Å². The molecule has 0 aromatic heterocycles. The summed E-state index contributed by atoms with van der Waals surface area (Å²) >= 11 is 0. The summed E-state index contributed by atoms with van der Waals surface area (Å²) in [4.78, 5) is 14.8. The van der Waals surface area contributed by atoms with Gasteiger partial charge in [-0.3, -0.25) is 0 Å². The third-order valence-corrected chi connectivity index (χ3v) is 5.55. The van der Waals surface area contributed by atoms with Gasteiger partial charge in [0.25, 0.3) is 0 Å². The third-order valence-electron chi connectivity index (χ3n) is 5.55. The molecule has 128 valence electrons. The lowest BCUT2D eigenvalue weighted by Gasteiger charge is -2.35. The van der Waals surface area contributed by atoms with Crippen molar-refractivity contribution in [2.24, 2.45) is 0 Å². The molecule has 1 spiro atoms. The number of hydrogen-bond acceptors (Lipinski definition) is 3. The standard InChI is InChI=1S/C20H20N2O3/c1-13-8-17-18(25-12-24-17)9-16(13)21-19(23)22-10-14-4-2-3-5-15(14)20(11-22)6-7-20/h2-5,8-9H,6-7,10-12H2,1H3,(H,21,23). The Bertz CT molecular complexity index is 873. The van der Waals surface area contributed by atoms with Gasteiger partial charge in [-0.2, -0.15) is 0 Å². The molecule has 5 nitrogen and oxygen atoms in total. The summed E-state index contributed by atoms with van der Waals surface area (Å²) in [6, 6.07) is 12.2. The number of carbonyl (C=O) groups is 1. The Kier molecular flexibility index (Phi) is 3.02. The van der Waals surface area contributed by atoms with Gasteiger partial charge < -0.3 is 19.7 Å². The first-order chi connectivity index (χ1) is 12.1. The van der Waals surface area contributed by atoms with E-state index in [2.05, 4.69) is 29.6 Å². The van der Waals surface area contributed by atoms with Crippen LogP contribution in [0.4, 0.5) is 10.5 Å². The summed E-state index contributed by atoms with van der Waals surface area (Å²) in [6.07, 6.45) is 2.33. The lowest BCUT2D eigenvalue weighted by atomic mass is 9.87. The van der Waals surface area contributed by atoms with Gasteiger partial charge in [-0.25, -0.2) is 4.79 Å². The highest BCUT2D eigenvalue weighted by atomic mass is 16.7. The summed E-state index contributed by atoms with van der Waals surface area (Å²) in [5.41, 5.74) is 4.62. The second-order valence-electron chi connectivity index (χ2n) is 7.24. The molecule has 0 saturated heterocycles. The molecule has 0 radical (unpaired) electrons. The zero-order valence-corrected chi connectivity index (χ0v) is 14.2. The van der Waals surface area contributed by atoms with Crippen molar-refractivity contribution in [2.45, 2.75) is 31.7 Å². The quantitative estimate of drug-likeness (QED) is 0.862. The normalized spacial score (nSPS) is 18.8. The molecule has 2 aliphatic heterocycles. The molecule has 0 unspecified atom stereocenters. The van der Waals surface area contributed by atoms with Crippen molar-refractivity contribution in [3.63, 3.8) is 0 Å². The lowest BCUT2D eigenvalue weighted by Crippen LogP contribution is -2.43. The summed E-state index contributed by atoms with van der Waals surface area (Å²) in [5, 5.41) is 3.06. The van der Waals surface area contributed by atoms with Crippen molar-refractivity contribution in [1.29, 1.82) is 0 Å². The minimum Gasteiger partial charge on any atom is -0.454 e. The number of hydrogen-bond donors (Lipinski definition) is 1. The first kappa shape index (κ1) is 14.6. The highest BCUT2D eigenvalue weighted by Gasteiger charge is 2.49. The average molecular weight is 336 g/mol. The van der Waals surface area contributed by atoms with Gasteiger partial charge in [-0.05, 0) is 42.5 Å². The van der Waals surface area contributed by atoms with E-state index in [0.717, 1.165) is 36.4 Å². The lowest BCUT2D eigenvalue weighted by molar-refractivity contribution is 0.174. The van der Waals surface area contributed by atoms with Crippen molar-refractivity contribution in [3.8, 4) is 11.5 Å². The molecule has 5 heteroatoms. The first-order valence-electron chi connectivity index (χ1n) is 8.69. The van der Waals surface area contributed by atoms with Crippen molar-refractivity contribution in [2.75, 3.05) is 18.7 Å². The van der Waals surface area contributed by atoms with E-state index in [4.69, 9.17) is 9.47 Å². The number of rotatable bonds is 1. The maximum atomic E-state index is 12.9. The van der Waals surface area contributed by atoms with E-state index in [0.29, 0.717) is 12.3 Å². The molecule has 2 aromatic carbocycles. The van der Waals surface area contributed by atoms with E-state index >= 15 is 0 Å². The fourth-order valence-electron chi connectivity index (χ4n) is 3.98. The van der Waals surface area contributed by atoms with Crippen LogP contribution in [0.2, 0.25) is 0 Å². The number of amides is 2. The number of ether oxygens (including phenoxy) is 2. The van der Waals surface area contributed by atoms with Crippen LogP contribution in [0.15, 0.2) is 36.4 Å². The SMILES string of the molecule is Cc1cc2c(cc1NC(=O)N1Cc3ccccc3C3(CC3)C1)OCO2. The number of aryl methyl sites for hydroxylation is 1. The van der Waals surface area contributed by atoms with Crippen LogP contribution < -0.4 is 14.8 Å². The van der Waals surface area contributed by atoms with Crippen LogP contribution in [0.5, 0.6) is 11.5 Å². The summed E-state index contributed by atoms with van der Waals surface area (Å²) in [6.45, 7) is 3.65.